The average molecular weight is 326 g/mol. The number of hydrogen-bond donors (Lipinski definition) is 1. The van der Waals surface area contributed by atoms with Gasteiger partial charge < -0.3 is 4.74 Å². The second-order valence-electron chi connectivity index (χ2n) is 6.14. The molecule has 0 aliphatic carbocycles. The van der Waals surface area contributed by atoms with Crippen LogP contribution in [0.15, 0.2) is 46.2 Å². The van der Waals surface area contributed by atoms with Crippen molar-refractivity contribution in [2.75, 3.05) is 4.90 Å². The summed E-state index contributed by atoms with van der Waals surface area (Å²) in [5.74, 6) is 0. The van der Waals surface area contributed by atoms with E-state index in [-0.39, 0.29) is 18.4 Å². The predicted octanol–water partition coefficient (Wildman–Crippen LogP) is 4.36. The summed E-state index contributed by atoms with van der Waals surface area (Å²) in [7, 11) is 0. The number of ether oxygens (including phenoxy) is 1. The molecule has 0 bridgehead atoms. The topological polar surface area (TPSA) is 51.5 Å². The van der Waals surface area contributed by atoms with E-state index < -0.39 is 0 Å². The number of benzene rings is 2. The van der Waals surface area contributed by atoms with Crippen molar-refractivity contribution < 1.29 is 9.53 Å². The molecule has 23 heavy (non-hydrogen) atoms. The molecule has 0 radical (unpaired) electrons. The van der Waals surface area contributed by atoms with Gasteiger partial charge in [-0.2, -0.15) is 0 Å². The zero-order valence-electron chi connectivity index (χ0n) is 13.3. The summed E-state index contributed by atoms with van der Waals surface area (Å²) in [6.07, 6.45) is -0.510. The monoisotopic (exact) mass is 326 g/mol. The van der Waals surface area contributed by atoms with E-state index in [1.54, 1.807) is 16.7 Å². The highest BCUT2D eigenvalue weighted by atomic mass is 32.2. The zero-order valence-corrected chi connectivity index (χ0v) is 14.1. The van der Waals surface area contributed by atoms with Crippen molar-refractivity contribution in [3.8, 4) is 0 Å². The van der Waals surface area contributed by atoms with Gasteiger partial charge >= 0.3 is 6.09 Å². The number of nitrogens with one attached hydrogen (secondary N) is 1. The van der Waals surface area contributed by atoms with Crippen molar-refractivity contribution in [1.29, 1.82) is 0 Å². The van der Waals surface area contributed by atoms with Crippen molar-refractivity contribution in [2.24, 2.45) is 0 Å². The molecule has 1 amide bonds. The molecule has 5 heteroatoms. The van der Waals surface area contributed by atoms with Gasteiger partial charge in [-0.3, -0.25) is 5.32 Å². The number of aryl methyl sites for hydroxylation is 2. The number of carbonyl (C=O) groups excluding carboxylic acids is 1. The van der Waals surface area contributed by atoms with Crippen LogP contribution in [-0.2, 0) is 4.74 Å². The number of hydrogen-bond acceptors (Lipinski definition) is 4. The van der Waals surface area contributed by atoms with E-state index in [0.717, 1.165) is 32.3 Å². The minimum atomic E-state index is -0.328. The van der Waals surface area contributed by atoms with Gasteiger partial charge in [0, 0.05) is 9.79 Å². The Morgan fingerprint density at radius 3 is 2.09 bits per heavy atom. The lowest BCUT2D eigenvalue weighted by Gasteiger charge is -2.30. The average Bonchev–Trinajstić information content (AvgIpc) is 3.19. The molecule has 2 unspecified atom stereocenters. The zero-order chi connectivity index (χ0) is 16.1. The van der Waals surface area contributed by atoms with E-state index in [4.69, 9.17) is 4.74 Å². The lowest BCUT2D eigenvalue weighted by molar-refractivity contribution is 0.145. The van der Waals surface area contributed by atoms with Crippen LogP contribution in [0.2, 0.25) is 0 Å². The van der Waals surface area contributed by atoms with Gasteiger partial charge in [-0.1, -0.05) is 23.9 Å². The fourth-order valence-electron chi connectivity index (χ4n) is 2.72. The van der Waals surface area contributed by atoms with Crippen LogP contribution in [0.25, 0.3) is 0 Å². The summed E-state index contributed by atoms with van der Waals surface area (Å²) in [4.78, 5) is 16.6. The summed E-state index contributed by atoms with van der Waals surface area (Å²) < 4.78 is 5.57. The van der Waals surface area contributed by atoms with Crippen LogP contribution >= 0.6 is 11.8 Å². The van der Waals surface area contributed by atoms with Gasteiger partial charge in [-0.25, -0.2) is 9.69 Å². The van der Waals surface area contributed by atoms with Crippen molar-refractivity contribution in [2.45, 2.75) is 42.8 Å². The highest BCUT2D eigenvalue weighted by Gasteiger charge is 2.38. The van der Waals surface area contributed by atoms with E-state index in [2.05, 4.69) is 29.6 Å². The number of amides is 1. The van der Waals surface area contributed by atoms with Crippen LogP contribution in [-0.4, -0.2) is 18.4 Å². The van der Waals surface area contributed by atoms with Crippen molar-refractivity contribution in [3.05, 3.63) is 47.5 Å². The molecule has 0 spiro atoms. The lowest BCUT2D eigenvalue weighted by atomic mass is 10.1. The van der Waals surface area contributed by atoms with Crippen LogP contribution in [0.4, 0.5) is 16.2 Å². The molecule has 2 atom stereocenters. The molecule has 118 valence electrons. The van der Waals surface area contributed by atoms with Crippen molar-refractivity contribution in [3.63, 3.8) is 0 Å². The molecule has 2 aliphatic rings. The van der Waals surface area contributed by atoms with Gasteiger partial charge in [0.25, 0.3) is 0 Å². The molecule has 4 nitrogen and oxygen atoms in total. The first-order chi connectivity index (χ1) is 11.0. The second kappa shape index (κ2) is 5.28. The highest BCUT2D eigenvalue weighted by molar-refractivity contribution is 7.99. The second-order valence-corrected chi connectivity index (χ2v) is 7.22. The summed E-state index contributed by atoms with van der Waals surface area (Å²) in [6.45, 7) is 6.07. The van der Waals surface area contributed by atoms with E-state index in [0.29, 0.717) is 0 Å². The van der Waals surface area contributed by atoms with Crippen LogP contribution in [0, 0.1) is 13.8 Å². The van der Waals surface area contributed by atoms with Gasteiger partial charge in [-0.05, 0) is 56.2 Å². The first-order valence-electron chi connectivity index (χ1n) is 7.69. The molecule has 2 aromatic carbocycles. The maximum atomic E-state index is 12.8. The van der Waals surface area contributed by atoms with Crippen LogP contribution in [0.3, 0.4) is 0 Å². The quantitative estimate of drug-likeness (QED) is 0.791. The Morgan fingerprint density at radius 2 is 1.61 bits per heavy atom. The molecule has 2 heterocycles. The molecule has 0 aromatic heterocycles. The summed E-state index contributed by atoms with van der Waals surface area (Å²) >= 11 is 1.69. The number of anilines is 2. The van der Waals surface area contributed by atoms with E-state index in [1.807, 2.05) is 32.9 Å². The Kier molecular flexibility index (Phi) is 3.36. The third-order valence-corrected chi connectivity index (χ3v) is 5.24. The van der Waals surface area contributed by atoms with E-state index in [9.17, 15) is 4.79 Å². The van der Waals surface area contributed by atoms with Gasteiger partial charge in [0.2, 0.25) is 0 Å². The first kappa shape index (κ1) is 14.6. The maximum Gasteiger partial charge on any atom is 0.420 e. The smallest absolute Gasteiger partial charge is 0.420 e. The summed E-state index contributed by atoms with van der Waals surface area (Å²) in [6, 6.07) is 12.6. The highest BCUT2D eigenvalue weighted by Crippen LogP contribution is 2.49. The van der Waals surface area contributed by atoms with Gasteiger partial charge in [-0.15, -0.1) is 0 Å². The van der Waals surface area contributed by atoms with Gasteiger partial charge in [0.1, 0.15) is 0 Å². The standard InChI is InChI=1S/C18H18N2O2S/c1-10-4-6-15-13(8-10)20(18(21)22-17-12(3)19-17)14-9-11(2)5-7-16(14)23-15/h4-9,12,17,19H,1-3H3. The van der Waals surface area contributed by atoms with Crippen LogP contribution in [0.1, 0.15) is 18.1 Å². The van der Waals surface area contributed by atoms with Gasteiger partial charge in [0.15, 0.2) is 6.23 Å². The number of fused-ring (bicyclic) bond motifs is 2. The Hall–Kier alpha value is -1.98. The van der Waals surface area contributed by atoms with Gasteiger partial charge in [0.05, 0.1) is 17.4 Å². The van der Waals surface area contributed by atoms with E-state index in [1.165, 1.54) is 0 Å². The maximum absolute atomic E-state index is 12.8. The fourth-order valence-corrected chi connectivity index (χ4v) is 3.74. The molecule has 1 N–H and O–H groups in total. The summed E-state index contributed by atoms with van der Waals surface area (Å²) in [5, 5.41) is 3.10. The SMILES string of the molecule is Cc1ccc2c(c1)N(C(=O)OC1NC1C)c1cc(C)ccc1S2. The van der Waals surface area contributed by atoms with E-state index >= 15 is 0 Å². The molecule has 2 aromatic rings. The van der Waals surface area contributed by atoms with Crippen LogP contribution < -0.4 is 10.2 Å². The Bertz CT molecular complexity index is 754. The van der Waals surface area contributed by atoms with Crippen molar-refractivity contribution in [1.82, 2.24) is 5.32 Å². The molecular formula is C18H18N2O2S. The minimum absolute atomic E-state index is 0.182. The molecule has 1 fully saturated rings. The number of nitrogens with zero attached hydrogens (tertiary/aromatic N) is 1. The molecule has 0 saturated carbocycles. The Balaban J connectivity index is 1.80. The third kappa shape index (κ3) is 2.60. The molecule has 4 rings (SSSR count). The molecular weight excluding hydrogens is 308 g/mol. The summed E-state index contributed by atoms with van der Waals surface area (Å²) in [5.41, 5.74) is 4.03. The van der Waals surface area contributed by atoms with Crippen molar-refractivity contribution >= 4 is 29.2 Å². The predicted molar refractivity (Wildman–Crippen MR) is 91.5 cm³/mol. The van der Waals surface area contributed by atoms with Crippen LogP contribution in [0.5, 0.6) is 0 Å². The largest absolute Gasteiger partial charge is 0.428 e. The Labute approximate surface area is 139 Å². The first-order valence-corrected chi connectivity index (χ1v) is 8.50. The number of carbonyl (C=O) groups is 1. The third-order valence-electron chi connectivity index (χ3n) is 4.11. The lowest BCUT2D eigenvalue weighted by Crippen LogP contribution is -2.30. The Morgan fingerprint density at radius 1 is 1.09 bits per heavy atom. The molecule has 1 saturated heterocycles. The minimum Gasteiger partial charge on any atom is -0.428 e. The fraction of sp³-hybridized carbons (Fsp3) is 0.278. The molecule has 2 aliphatic heterocycles. The number of rotatable bonds is 1. The normalized spacial score (nSPS) is 21.4.